The molecule has 0 aliphatic carbocycles. The highest BCUT2D eigenvalue weighted by atomic mass is 35.5. The number of anilines is 1. The van der Waals surface area contributed by atoms with E-state index in [1.165, 1.54) is 5.56 Å². The molecule has 0 bridgehead atoms. The third-order valence-electron chi connectivity index (χ3n) is 5.26. The Labute approximate surface area is 176 Å². The van der Waals surface area contributed by atoms with Crippen molar-refractivity contribution in [2.45, 2.75) is 33.2 Å². The summed E-state index contributed by atoms with van der Waals surface area (Å²) in [6.07, 6.45) is 2.97. The van der Waals surface area contributed by atoms with E-state index in [1.807, 2.05) is 30.5 Å². The lowest BCUT2D eigenvalue weighted by Crippen LogP contribution is -2.14. The number of benzene rings is 2. The standard InChI is InChI=1S/C25H24ClN3/c1-4-17(3)28-25-13-16(2)22-14-19(7-12-24(22)29-25)23-11-8-20(15-27-23)18-5-9-21(26)10-6-18/h5-15,17H,4H2,1-3H3,(H,28,29). The van der Waals surface area contributed by atoms with E-state index in [1.54, 1.807) is 0 Å². The monoisotopic (exact) mass is 401 g/mol. The van der Waals surface area contributed by atoms with Crippen LogP contribution in [0.2, 0.25) is 5.02 Å². The Balaban J connectivity index is 1.64. The van der Waals surface area contributed by atoms with Crippen molar-refractivity contribution in [2.75, 3.05) is 5.32 Å². The van der Waals surface area contributed by atoms with Crippen molar-refractivity contribution < 1.29 is 0 Å². The minimum atomic E-state index is 0.405. The van der Waals surface area contributed by atoms with Gasteiger partial charge in [-0.05, 0) is 67.8 Å². The van der Waals surface area contributed by atoms with Gasteiger partial charge in [-0.15, -0.1) is 0 Å². The third kappa shape index (κ3) is 4.25. The topological polar surface area (TPSA) is 37.8 Å². The first-order valence-electron chi connectivity index (χ1n) is 9.94. The Kier molecular flexibility index (Phi) is 5.50. The van der Waals surface area contributed by atoms with Crippen molar-refractivity contribution in [3.63, 3.8) is 0 Å². The highest BCUT2D eigenvalue weighted by Crippen LogP contribution is 2.28. The molecule has 0 aliphatic rings. The summed E-state index contributed by atoms with van der Waals surface area (Å²) in [5, 5.41) is 5.35. The van der Waals surface area contributed by atoms with Gasteiger partial charge >= 0.3 is 0 Å². The summed E-state index contributed by atoms with van der Waals surface area (Å²) >= 11 is 5.98. The van der Waals surface area contributed by atoms with Crippen LogP contribution in [0.1, 0.15) is 25.8 Å². The second-order valence-corrected chi connectivity index (χ2v) is 7.89. The highest BCUT2D eigenvalue weighted by molar-refractivity contribution is 6.30. The summed E-state index contributed by atoms with van der Waals surface area (Å²) in [5.41, 5.74) is 6.43. The molecule has 0 amide bonds. The Morgan fingerprint density at radius 3 is 2.34 bits per heavy atom. The van der Waals surface area contributed by atoms with Gasteiger partial charge in [-0.1, -0.05) is 42.8 Å². The summed E-state index contributed by atoms with van der Waals surface area (Å²) < 4.78 is 0. The first-order valence-corrected chi connectivity index (χ1v) is 10.3. The van der Waals surface area contributed by atoms with Crippen LogP contribution < -0.4 is 5.32 Å². The van der Waals surface area contributed by atoms with E-state index >= 15 is 0 Å². The van der Waals surface area contributed by atoms with Gasteiger partial charge in [-0.25, -0.2) is 4.98 Å². The molecule has 29 heavy (non-hydrogen) atoms. The zero-order valence-electron chi connectivity index (χ0n) is 16.9. The van der Waals surface area contributed by atoms with Gasteiger partial charge < -0.3 is 5.32 Å². The number of hydrogen-bond donors (Lipinski definition) is 1. The predicted molar refractivity (Wildman–Crippen MR) is 124 cm³/mol. The van der Waals surface area contributed by atoms with Crippen LogP contribution in [-0.4, -0.2) is 16.0 Å². The van der Waals surface area contributed by atoms with Crippen molar-refractivity contribution in [2.24, 2.45) is 0 Å². The van der Waals surface area contributed by atoms with Crippen LogP contribution in [0.4, 0.5) is 5.82 Å². The Hall–Kier alpha value is -2.91. The SMILES string of the molecule is CCC(C)Nc1cc(C)c2cc(-c3ccc(-c4ccc(Cl)cc4)cn3)ccc2n1. The summed E-state index contributed by atoms with van der Waals surface area (Å²) in [4.78, 5) is 9.46. The fourth-order valence-corrected chi connectivity index (χ4v) is 3.49. The molecule has 2 heterocycles. The smallest absolute Gasteiger partial charge is 0.127 e. The van der Waals surface area contributed by atoms with Crippen LogP contribution >= 0.6 is 11.6 Å². The van der Waals surface area contributed by atoms with Crippen LogP contribution in [0, 0.1) is 6.92 Å². The van der Waals surface area contributed by atoms with E-state index in [-0.39, 0.29) is 0 Å². The lowest BCUT2D eigenvalue weighted by atomic mass is 10.0. The molecule has 0 saturated heterocycles. The van der Waals surface area contributed by atoms with Gasteiger partial charge in [0.25, 0.3) is 0 Å². The van der Waals surface area contributed by atoms with Gasteiger partial charge in [0.2, 0.25) is 0 Å². The van der Waals surface area contributed by atoms with Gasteiger partial charge in [0.15, 0.2) is 0 Å². The van der Waals surface area contributed by atoms with Crippen LogP contribution in [0.25, 0.3) is 33.3 Å². The molecule has 1 N–H and O–H groups in total. The Morgan fingerprint density at radius 1 is 0.931 bits per heavy atom. The van der Waals surface area contributed by atoms with Crippen LogP contribution in [-0.2, 0) is 0 Å². The van der Waals surface area contributed by atoms with Crippen molar-refractivity contribution in [1.29, 1.82) is 0 Å². The number of nitrogens with zero attached hydrogens (tertiary/aromatic N) is 2. The van der Waals surface area contributed by atoms with E-state index in [0.29, 0.717) is 6.04 Å². The number of halogens is 1. The summed E-state index contributed by atoms with van der Waals surface area (Å²) in [5.74, 6) is 0.933. The molecule has 3 nitrogen and oxygen atoms in total. The van der Waals surface area contributed by atoms with Crippen LogP contribution in [0.3, 0.4) is 0 Å². The van der Waals surface area contributed by atoms with E-state index in [2.05, 4.69) is 67.5 Å². The second kappa shape index (κ2) is 8.22. The summed E-state index contributed by atoms with van der Waals surface area (Å²) in [7, 11) is 0. The molecule has 2 aromatic heterocycles. The van der Waals surface area contributed by atoms with Gasteiger partial charge in [0.1, 0.15) is 5.82 Å². The molecule has 1 atom stereocenters. The molecule has 0 aliphatic heterocycles. The van der Waals surface area contributed by atoms with E-state index in [9.17, 15) is 0 Å². The summed E-state index contributed by atoms with van der Waals surface area (Å²) in [6.45, 7) is 6.47. The first-order chi connectivity index (χ1) is 14.0. The Morgan fingerprint density at radius 2 is 1.66 bits per heavy atom. The molecule has 4 aromatic rings. The zero-order chi connectivity index (χ0) is 20.4. The van der Waals surface area contributed by atoms with Gasteiger partial charge in [-0.2, -0.15) is 0 Å². The number of aryl methyl sites for hydroxylation is 1. The number of pyridine rings is 2. The number of rotatable bonds is 5. The molecule has 0 saturated carbocycles. The van der Waals surface area contributed by atoms with Crippen LogP contribution in [0.15, 0.2) is 66.9 Å². The van der Waals surface area contributed by atoms with E-state index < -0.39 is 0 Å². The molecule has 2 aromatic carbocycles. The largest absolute Gasteiger partial charge is 0.368 e. The summed E-state index contributed by atoms with van der Waals surface area (Å²) in [6, 6.07) is 20.8. The maximum absolute atomic E-state index is 5.98. The minimum absolute atomic E-state index is 0.405. The van der Waals surface area contributed by atoms with Crippen molar-refractivity contribution in [3.05, 3.63) is 77.4 Å². The molecular weight excluding hydrogens is 378 g/mol. The minimum Gasteiger partial charge on any atom is -0.368 e. The number of aromatic nitrogens is 2. The molecule has 146 valence electrons. The molecule has 4 rings (SSSR count). The molecule has 1 unspecified atom stereocenters. The maximum atomic E-state index is 5.98. The van der Waals surface area contributed by atoms with Crippen molar-refractivity contribution in [1.82, 2.24) is 9.97 Å². The van der Waals surface area contributed by atoms with E-state index in [4.69, 9.17) is 16.6 Å². The molecule has 0 spiro atoms. The number of fused-ring (bicyclic) bond motifs is 1. The van der Waals surface area contributed by atoms with Gasteiger partial charge in [0.05, 0.1) is 11.2 Å². The fraction of sp³-hybridized carbons (Fsp3) is 0.200. The third-order valence-corrected chi connectivity index (χ3v) is 5.51. The lowest BCUT2D eigenvalue weighted by Gasteiger charge is -2.14. The predicted octanol–water partition coefficient (Wildman–Crippen LogP) is 7.14. The highest BCUT2D eigenvalue weighted by Gasteiger charge is 2.08. The number of hydrogen-bond acceptors (Lipinski definition) is 3. The van der Waals surface area contributed by atoms with Gasteiger partial charge in [-0.3, -0.25) is 4.98 Å². The second-order valence-electron chi connectivity index (χ2n) is 7.45. The Bertz CT molecular complexity index is 1140. The average molecular weight is 402 g/mol. The normalized spacial score (nSPS) is 12.1. The molecule has 0 fully saturated rings. The number of nitrogens with one attached hydrogen (secondary N) is 1. The van der Waals surface area contributed by atoms with Gasteiger partial charge in [0, 0.05) is 33.8 Å². The van der Waals surface area contributed by atoms with Crippen molar-refractivity contribution >= 4 is 28.3 Å². The maximum Gasteiger partial charge on any atom is 0.127 e. The zero-order valence-corrected chi connectivity index (χ0v) is 17.7. The molecule has 4 heteroatoms. The first kappa shape index (κ1) is 19.4. The molecular formula is C25H24ClN3. The van der Waals surface area contributed by atoms with Crippen molar-refractivity contribution in [3.8, 4) is 22.4 Å². The quantitative estimate of drug-likeness (QED) is 0.386. The lowest BCUT2D eigenvalue weighted by molar-refractivity contribution is 0.760. The average Bonchev–Trinajstić information content (AvgIpc) is 2.74. The fourth-order valence-electron chi connectivity index (χ4n) is 3.36. The van der Waals surface area contributed by atoms with E-state index in [0.717, 1.165) is 50.5 Å². The van der Waals surface area contributed by atoms with Crippen LogP contribution in [0.5, 0.6) is 0 Å². The molecule has 0 radical (unpaired) electrons.